The molecule has 0 bridgehead atoms. The zero-order chi connectivity index (χ0) is 11.4. The molecule has 0 unspecified atom stereocenters. The Morgan fingerprint density at radius 2 is 2.00 bits per heavy atom. The van der Waals surface area contributed by atoms with Crippen LogP contribution in [0.15, 0.2) is 0 Å². The molecule has 1 rings (SSSR count). The molecule has 0 radical (unpaired) electrons. The lowest BCUT2D eigenvalue weighted by atomic mass is 9.87. The average Bonchev–Trinajstić information content (AvgIpc) is 2.96. The molecule has 94 valence electrons. The van der Waals surface area contributed by atoms with Gasteiger partial charge in [0.1, 0.15) is 0 Å². The molecule has 1 saturated carbocycles. The summed E-state index contributed by atoms with van der Waals surface area (Å²) >= 11 is 0. The molecule has 0 amide bonds. The summed E-state index contributed by atoms with van der Waals surface area (Å²) in [5.41, 5.74) is 0.894. The van der Waals surface area contributed by atoms with Crippen molar-refractivity contribution in [1.29, 1.82) is 5.26 Å². The van der Waals surface area contributed by atoms with Crippen LogP contribution in [0.25, 0.3) is 0 Å². The first kappa shape index (κ1) is 15.7. The van der Waals surface area contributed by atoms with E-state index >= 15 is 0 Å². The van der Waals surface area contributed by atoms with Crippen LogP contribution in [0.3, 0.4) is 0 Å². The van der Waals surface area contributed by atoms with E-state index in [1.165, 1.54) is 25.8 Å². The lowest BCUT2D eigenvalue weighted by Crippen LogP contribution is -2.33. The van der Waals surface area contributed by atoms with Gasteiger partial charge in [0.15, 0.2) is 0 Å². The zero-order valence-corrected chi connectivity index (χ0v) is 11.6. The number of hydrogen-bond acceptors (Lipinski definition) is 2. The summed E-state index contributed by atoms with van der Waals surface area (Å²) in [5, 5.41) is 12.1. The summed E-state index contributed by atoms with van der Waals surface area (Å²) in [5.74, 6) is 0. The molecule has 1 fully saturated rings. The van der Waals surface area contributed by atoms with Crippen molar-refractivity contribution in [1.82, 2.24) is 5.32 Å². The molecule has 3 heteroatoms. The van der Waals surface area contributed by atoms with E-state index in [-0.39, 0.29) is 17.8 Å². The van der Waals surface area contributed by atoms with Crippen LogP contribution < -0.4 is 5.32 Å². The van der Waals surface area contributed by atoms with E-state index in [2.05, 4.69) is 32.2 Å². The first-order chi connectivity index (χ1) is 7.04. The average molecular weight is 245 g/mol. The van der Waals surface area contributed by atoms with Crippen molar-refractivity contribution in [3.63, 3.8) is 0 Å². The lowest BCUT2D eigenvalue weighted by Gasteiger charge is -2.25. The second-order valence-electron chi connectivity index (χ2n) is 5.78. The minimum absolute atomic E-state index is 0. The van der Waals surface area contributed by atoms with E-state index in [9.17, 15) is 0 Å². The largest absolute Gasteiger partial charge is 0.316 e. The minimum Gasteiger partial charge on any atom is -0.316 e. The van der Waals surface area contributed by atoms with Crippen LogP contribution in [0.5, 0.6) is 0 Å². The van der Waals surface area contributed by atoms with Gasteiger partial charge in [0.2, 0.25) is 0 Å². The molecule has 0 atom stereocenters. The highest BCUT2D eigenvalue weighted by Gasteiger charge is 2.40. The molecule has 1 N–H and O–H groups in total. The van der Waals surface area contributed by atoms with Gasteiger partial charge in [-0.15, -0.1) is 12.4 Å². The molecule has 0 aromatic carbocycles. The van der Waals surface area contributed by atoms with Gasteiger partial charge in [0.05, 0.1) is 6.07 Å². The Morgan fingerprint density at radius 3 is 2.44 bits per heavy atom. The summed E-state index contributed by atoms with van der Waals surface area (Å²) < 4.78 is 0. The van der Waals surface area contributed by atoms with E-state index in [0.29, 0.717) is 11.8 Å². The second-order valence-corrected chi connectivity index (χ2v) is 5.78. The highest BCUT2D eigenvalue weighted by molar-refractivity contribution is 5.85. The molecule has 0 aromatic heterocycles. The summed E-state index contributed by atoms with van der Waals surface area (Å²) in [6.07, 6.45) is 5.77. The molecule has 0 aromatic rings. The number of hydrogen-bond donors (Lipinski definition) is 1. The molecule has 16 heavy (non-hydrogen) atoms. The maximum Gasteiger partial charge on any atom is 0.0621 e. The van der Waals surface area contributed by atoms with Crippen molar-refractivity contribution in [2.24, 2.45) is 10.8 Å². The van der Waals surface area contributed by atoms with E-state index < -0.39 is 0 Å². The molecule has 0 saturated heterocycles. The predicted molar refractivity (Wildman–Crippen MR) is 70.7 cm³/mol. The molecule has 0 spiro atoms. The molecular formula is C13H25ClN2. The third kappa shape index (κ3) is 5.18. The smallest absolute Gasteiger partial charge is 0.0621 e. The highest BCUT2D eigenvalue weighted by Crippen LogP contribution is 2.47. The fraction of sp³-hybridized carbons (Fsp3) is 0.923. The number of nitrogens with zero attached hydrogens (tertiary/aromatic N) is 1. The summed E-state index contributed by atoms with van der Waals surface area (Å²) in [6, 6.07) is 2.23. The Hall–Kier alpha value is -0.260. The summed E-state index contributed by atoms with van der Waals surface area (Å²) in [6.45, 7) is 8.97. The Morgan fingerprint density at radius 1 is 1.38 bits per heavy atom. The number of rotatable bonds is 7. The van der Waals surface area contributed by atoms with Crippen molar-refractivity contribution in [2.75, 3.05) is 13.1 Å². The Bertz CT molecular complexity index is 239. The maximum atomic E-state index is 8.56. The molecule has 1 aliphatic carbocycles. The standard InChI is InChI=1S/C13H24N2.ClH/c1-4-13(7-8-13)11-15-10-12(2,3)6-5-9-14;/h15H,4-8,10-11H2,1-3H3;1H. The van der Waals surface area contributed by atoms with Gasteiger partial charge in [-0.25, -0.2) is 0 Å². The van der Waals surface area contributed by atoms with Crippen LogP contribution in [0.2, 0.25) is 0 Å². The third-order valence-electron chi connectivity index (χ3n) is 3.72. The molecule has 1 aliphatic rings. The third-order valence-corrected chi connectivity index (χ3v) is 3.72. The lowest BCUT2D eigenvalue weighted by molar-refractivity contribution is 0.301. The van der Waals surface area contributed by atoms with E-state index in [1.54, 1.807) is 0 Å². The Labute approximate surface area is 106 Å². The zero-order valence-electron chi connectivity index (χ0n) is 10.8. The first-order valence-corrected chi connectivity index (χ1v) is 6.11. The van der Waals surface area contributed by atoms with Crippen LogP contribution in [0, 0.1) is 22.2 Å². The first-order valence-electron chi connectivity index (χ1n) is 6.11. The topological polar surface area (TPSA) is 35.8 Å². The van der Waals surface area contributed by atoms with Crippen LogP contribution in [0.1, 0.15) is 52.9 Å². The van der Waals surface area contributed by atoms with Gasteiger partial charge in [-0.2, -0.15) is 5.26 Å². The van der Waals surface area contributed by atoms with Gasteiger partial charge in [0.25, 0.3) is 0 Å². The quantitative estimate of drug-likeness (QED) is 0.744. The van der Waals surface area contributed by atoms with E-state index in [0.717, 1.165) is 13.0 Å². The predicted octanol–water partition coefficient (Wildman–Crippen LogP) is 3.52. The molecule has 0 aliphatic heterocycles. The Kier molecular flexibility index (Phi) is 6.36. The van der Waals surface area contributed by atoms with Crippen LogP contribution >= 0.6 is 12.4 Å². The fourth-order valence-electron chi connectivity index (χ4n) is 1.98. The van der Waals surface area contributed by atoms with Crippen molar-refractivity contribution in [3.8, 4) is 6.07 Å². The molecular weight excluding hydrogens is 220 g/mol. The monoisotopic (exact) mass is 244 g/mol. The maximum absolute atomic E-state index is 8.56. The van der Waals surface area contributed by atoms with E-state index in [1.807, 2.05) is 0 Å². The normalized spacial score (nSPS) is 17.4. The SMILES string of the molecule is CCC1(CNCC(C)(C)CCC#N)CC1.Cl. The van der Waals surface area contributed by atoms with Crippen LogP contribution in [-0.2, 0) is 0 Å². The number of nitriles is 1. The van der Waals surface area contributed by atoms with Crippen LogP contribution in [0.4, 0.5) is 0 Å². The summed E-state index contributed by atoms with van der Waals surface area (Å²) in [7, 11) is 0. The highest BCUT2D eigenvalue weighted by atomic mass is 35.5. The molecule has 2 nitrogen and oxygen atoms in total. The van der Waals surface area contributed by atoms with Crippen molar-refractivity contribution in [2.45, 2.75) is 52.9 Å². The van der Waals surface area contributed by atoms with Crippen molar-refractivity contribution < 1.29 is 0 Å². The van der Waals surface area contributed by atoms with E-state index in [4.69, 9.17) is 5.26 Å². The van der Waals surface area contributed by atoms with Crippen LogP contribution in [-0.4, -0.2) is 13.1 Å². The van der Waals surface area contributed by atoms with Gasteiger partial charge in [-0.05, 0) is 36.5 Å². The van der Waals surface area contributed by atoms with Gasteiger partial charge >= 0.3 is 0 Å². The van der Waals surface area contributed by atoms with Crippen molar-refractivity contribution >= 4 is 12.4 Å². The van der Waals surface area contributed by atoms with Gasteiger partial charge < -0.3 is 5.32 Å². The number of halogens is 1. The minimum atomic E-state index is 0. The van der Waals surface area contributed by atoms with Gasteiger partial charge in [0, 0.05) is 19.5 Å². The summed E-state index contributed by atoms with van der Waals surface area (Å²) in [4.78, 5) is 0. The van der Waals surface area contributed by atoms with Gasteiger partial charge in [-0.3, -0.25) is 0 Å². The number of nitrogens with one attached hydrogen (secondary N) is 1. The van der Waals surface area contributed by atoms with Gasteiger partial charge in [-0.1, -0.05) is 20.8 Å². The van der Waals surface area contributed by atoms with Crippen molar-refractivity contribution in [3.05, 3.63) is 0 Å². The second kappa shape index (κ2) is 6.47. The molecule has 0 heterocycles. The Balaban J connectivity index is 0.00000225. The fourth-order valence-corrected chi connectivity index (χ4v) is 1.98.